The lowest BCUT2D eigenvalue weighted by Crippen LogP contribution is -2.51. The third-order valence-electron chi connectivity index (χ3n) is 7.08. The topological polar surface area (TPSA) is 70.2 Å². The Kier molecular flexibility index (Phi) is 5.04. The number of carbonyl (C=O) groups excluding carboxylic acids is 1. The first-order chi connectivity index (χ1) is 14.3. The van der Waals surface area contributed by atoms with Gasteiger partial charge >= 0.3 is 0 Å². The van der Waals surface area contributed by atoms with Crippen LogP contribution in [0, 0.1) is 5.92 Å². The van der Waals surface area contributed by atoms with Gasteiger partial charge in [-0.3, -0.25) is 9.89 Å². The van der Waals surface area contributed by atoms with Crippen LogP contribution in [-0.4, -0.2) is 53.8 Å². The van der Waals surface area contributed by atoms with Gasteiger partial charge in [0.1, 0.15) is 11.4 Å². The number of nitrogens with zero attached hydrogens (tertiary/aromatic N) is 2. The Balaban J connectivity index is 1.31. The number of benzene rings is 1. The number of piperidine rings is 2. The van der Waals surface area contributed by atoms with Crippen LogP contribution >= 0.6 is 0 Å². The number of aromatic nitrogens is 2. The Labute approximate surface area is 172 Å². The summed E-state index contributed by atoms with van der Waals surface area (Å²) in [5, 5.41) is 10.8. The third-order valence-corrected chi connectivity index (χ3v) is 7.08. The van der Waals surface area contributed by atoms with Crippen LogP contribution in [0.15, 0.2) is 18.2 Å². The van der Waals surface area contributed by atoms with E-state index in [1.54, 1.807) is 7.11 Å². The van der Waals surface area contributed by atoms with Crippen molar-refractivity contribution in [3.8, 4) is 17.0 Å². The number of nitrogens with one attached hydrogen (secondary N) is 2. The van der Waals surface area contributed by atoms with E-state index >= 15 is 0 Å². The Bertz CT molecular complexity index is 904. The summed E-state index contributed by atoms with van der Waals surface area (Å²) >= 11 is 0. The van der Waals surface area contributed by atoms with Gasteiger partial charge in [-0.25, -0.2) is 0 Å². The first-order valence-electron chi connectivity index (χ1n) is 11.0. The summed E-state index contributed by atoms with van der Waals surface area (Å²) in [5.74, 6) is 1.45. The number of aromatic amines is 1. The van der Waals surface area contributed by atoms with Gasteiger partial charge in [-0.15, -0.1) is 0 Å². The second-order valence-corrected chi connectivity index (χ2v) is 8.62. The van der Waals surface area contributed by atoms with E-state index in [-0.39, 0.29) is 5.91 Å². The highest BCUT2D eigenvalue weighted by Crippen LogP contribution is 2.38. The summed E-state index contributed by atoms with van der Waals surface area (Å²) in [7, 11) is 1.70. The van der Waals surface area contributed by atoms with Crippen molar-refractivity contribution < 1.29 is 9.53 Å². The Morgan fingerprint density at radius 2 is 2.07 bits per heavy atom. The largest absolute Gasteiger partial charge is 0.496 e. The Morgan fingerprint density at radius 3 is 2.97 bits per heavy atom. The minimum atomic E-state index is -0.0157. The molecule has 2 fully saturated rings. The maximum absolute atomic E-state index is 13.0. The monoisotopic (exact) mass is 394 g/mol. The molecule has 2 aliphatic heterocycles. The highest BCUT2D eigenvalue weighted by Gasteiger charge is 2.33. The average molecular weight is 395 g/mol. The Morgan fingerprint density at radius 1 is 1.21 bits per heavy atom. The van der Waals surface area contributed by atoms with Crippen molar-refractivity contribution in [3.05, 3.63) is 35.0 Å². The maximum atomic E-state index is 13.0. The number of carbonyl (C=O) groups is 1. The highest BCUT2D eigenvalue weighted by atomic mass is 16.5. The van der Waals surface area contributed by atoms with Crippen molar-refractivity contribution in [3.63, 3.8) is 0 Å². The molecular formula is C23H30N4O2. The van der Waals surface area contributed by atoms with E-state index < -0.39 is 0 Å². The lowest BCUT2D eigenvalue weighted by molar-refractivity contribution is 0.0575. The molecular weight excluding hydrogens is 364 g/mol. The van der Waals surface area contributed by atoms with Crippen LogP contribution in [0.25, 0.3) is 11.3 Å². The van der Waals surface area contributed by atoms with Crippen LogP contribution in [0.1, 0.15) is 53.7 Å². The highest BCUT2D eigenvalue weighted by molar-refractivity contribution is 5.96. The van der Waals surface area contributed by atoms with E-state index in [1.165, 1.54) is 50.8 Å². The van der Waals surface area contributed by atoms with Crippen molar-refractivity contribution in [2.24, 2.45) is 5.92 Å². The summed E-state index contributed by atoms with van der Waals surface area (Å²) in [4.78, 5) is 15.6. The molecule has 5 rings (SSSR count). The van der Waals surface area contributed by atoms with Gasteiger partial charge in [0.15, 0.2) is 0 Å². The number of fused-ring (bicyclic) bond motifs is 4. The van der Waals surface area contributed by atoms with Crippen LogP contribution < -0.4 is 10.1 Å². The molecule has 0 saturated carbocycles. The fourth-order valence-electron chi connectivity index (χ4n) is 5.63. The van der Waals surface area contributed by atoms with Crippen LogP contribution in [0.3, 0.4) is 0 Å². The van der Waals surface area contributed by atoms with Crippen LogP contribution in [0.2, 0.25) is 0 Å². The first-order valence-corrected chi connectivity index (χ1v) is 11.0. The first kappa shape index (κ1) is 18.7. The number of hydrogen-bond donors (Lipinski definition) is 2. The molecule has 2 atom stereocenters. The zero-order valence-corrected chi connectivity index (χ0v) is 17.2. The minimum Gasteiger partial charge on any atom is -0.496 e. The quantitative estimate of drug-likeness (QED) is 0.836. The van der Waals surface area contributed by atoms with Crippen molar-refractivity contribution in [2.45, 2.75) is 51.0 Å². The van der Waals surface area contributed by atoms with E-state index in [1.807, 2.05) is 12.1 Å². The minimum absolute atomic E-state index is 0.0157. The average Bonchev–Trinajstić information content (AvgIpc) is 3.21. The van der Waals surface area contributed by atoms with Gasteiger partial charge in [0, 0.05) is 29.3 Å². The van der Waals surface area contributed by atoms with Crippen molar-refractivity contribution >= 4 is 5.91 Å². The summed E-state index contributed by atoms with van der Waals surface area (Å²) < 4.78 is 5.51. The van der Waals surface area contributed by atoms with Gasteiger partial charge in [0.25, 0.3) is 5.91 Å². The van der Waals surface area contributed by atoms with Crippen molar-refractivity contribution in [1.29, 1.82) is 0 Å². The van der Waals surface area contributed by atoms with Gasteiger partial charge in [0.05, 0.1) is 12.8 Å². The maximum Gasteiger partial charge on any atom is 0.269 e. The molecule has 154 valence electrons. The molecule has 3 aliphatic rings. The van der Waals surface area contributed by atoms with Gasteiger partial charge in [-0.2, -0.15) is 5.10 Å². The van der Waals surface area contributed by atoms with E-state index in [4.69, 9.17) is 4.74 Å². The predicted octanol–water partition coefficient (Wildman–Crippen LogP) is 3.18. The lowest BCUT2D eigenvalue weighted by Gasteiger charge is -2.44. The summed E-state index contributed by atoms with van der Waals surface area (Å²) in [6.45, 7) is 3.22. The molecule has 6 heteroatoms. The van der Waals surface area contributed by atoms with Gasteiger partial charge in [0.2, 0.25) is 0 Å². The third kappa shape index (κ3) is 3.33. The molecule has 6 nitrogen and oxygen atoms in total. The van der Waals surface area contributed by atoms with E-state index in [0.717, 1.165) is 42.0 Å². The predicted molar refractivity (Wildman–Crippen MR) is 112 cm³/mol. The van der Waals surface area contributed by atoms with E-state index in [2.05, 4.69) is 26.5 Å². The zero-order valence-electron chi connectivity index (χ0n) is 17.2. The number of H-pyrrole nitrogens is 1. The van der Waals surface area contributed by atoms with Crippen LogP contribution in [0.4, 0.5) is 0 Å². The molecule has 2 aromatic rings. The van der Waals surface area contributed by atoms with Crippen LogP contribution in [-0.2, 0) is 12.8 Å². The molecule has 0 spiro atoms. The molecule has 1 aromatic carbocycles. The SMILES string of the molecule is COc1cccc2c1CCc1c-2n[nH]c1C(=O)NC[C@@H]1CCCN2CCCC[C@H]12. The van der Waals surface area contributed by atoms with Gasteiger partial charge < -0.3 is 15.0 Å². The molecule has 1 aliphatic carbocycles. The molecule has 3 heterocycles. The van der Waals surface area contributed by atoms with Gasteiger partial charge in [-0.05, 0) is 63.6 Å². The zero-order chi connectivity index (χ0) is 19.8. The molecule has 2 N–H and O–H groups in total. The molecule has 29 heavy (non-hydrogen) atoms. The number of ether oxygens (including phenoxy) is 1. The molecule has 1 amide bonds. The van der Waals surface area contributed by atoms with Gasteiger partial charge in [-0.1, -0.05) is 18.6 Å². The van der Waals surface area contributed by atoms with Crippen LogP contribution in [0.5, 0.6) is 5.75 Å². The standard InChI is InChI=1S/C23H30N4O2/c1-29-20-9-4-7-17-16(20)10-11-18-21(17)25-26-22(18)23(28)24-14-15-6-5-13-27-12-3-2-8-19(15)27/h4,7,9,15,19H,2-3,5-6,8,10-14H2,1H3,(H,24,28)(H,25,26)/t15-,19+/m0/s1. The summed E-state index contributed by atoms with van der Waals surface area (Å²) in [5.41, 5.74) is 4.81. The molecule has 1 aromatic heterocycles. The number of amides is 1. The van der Waals surface area contributed by atoms with E-state index in [0.29, 0.717) is 17.7 Å². The Hall–Kier alpha value is -2.34. The fourth-order valence-corrected chi connectivity index (χ4v) is 5.63. The second-order valence-electron chi connectivity index (χ2n) is 8.62. The van der Waals surface area contributed by atoms with Crippen molar-refractivity contribution in [2.75, 3.05) is 26.7 Å². The normalized spacial score (nSPS) is 23.6. The number of rotatable bonds is 4. The smallest absolute Gasteiger partial charge is 0.269 e. The second kappa shape index (κ2) is 7.82. The number of hydrogen-bond acceptors (Lipinski definition) is 4. The van der Waals surface area contributed by atoms with E-state index in [9.17, 15) is 4.79 Å². The van der Waals surface area contributed by atoms with Crippen molar-refractivity contribution in [1.82, 2.24) is 20.4 Å². The molecule has 0 unspecified atom stereocenters. The lowest BCUT2D eigenvalue weighted by atomic mass is 9.83. The molecule has 0 radical (unpaired) electrons. The fraction of sp³-hybridized carbons (Fsp3) is 0.565. The molecule has 2 saturated heterocycles. The molecule has 0 bridgehead atoms. The summed E-state index contributed by atoms with van der Waals surface area (Å²) in [6.07, 6.45) is 8.06. The number of methoxy groups -OCH3 is 1. The summed E-state index contributed by atoms with van der Waals surface area (Å²) in [6, 6.07) is 6.69.